The molecule has 1 rings (SSSR count). The Hall–Kier alpha value is -4.36. The van der Waals surface area contributed by atoms with E-state index in [2.05, 4.69) is 26.6 Å². The molecule has 1 aliphatic rings. The largest absolute Gasteiger partial charge is 0.480 e. The van der Waals surface area contributed by atoms with Gasteiger partial charge in [-0.25, -0.2) is 4.79 Å². The number of aliphatic hydroxyl groups is 2. The van der Waals surface area contributed by atoms with E-state index in [9.17, 15) is 53.7 Å². The van der Waals surface area contributed by atoms with Crippen LogP contribution in [-0.4, -0.2) is 129 Å². The third-order valence-electron chi connectivity index (χ3n) is 8.71. The second-order valence-corrected chi connectivity index (χ2v) is 15.3. The minimum atomic E-state index is -1.66. The fourth-order valence-electron chi connectivity index (χ4n) is 6.01. The van der Waals surface area contributed by atoms with Crippen LogP contribution in [0.1, 0.15) is 93.9 Å². The molecule has 19 nitrogen and oxygen atoms in total. The van der Waals surface area contributed by atoms with E-state index < -0.39 is 108 Å². The van der Waals surface area contributed by atoms with Crippen LogP contribution in [0, 0.1) is 17.8 Å². The van der Waals surface area contributed by atoms with Gasteiger partial charge in [-0.2, -0.15) is 0 Å². The molecule has 7 amide bonds. The first kappa shape index (κ1) is 47.7. The zero-order valence-corrected chi connectivity index (χ0v) is 32.6. The van der Waals surface area contributed by atoms with Crippen LogP contribution in [0.3, 0.4) is 0 Å². The molecule has 9 atom stereocenters. The number of primary amides is 1. The number of carbonyl (C=O) groups is 8. The van der Waals surface area contributed by atoms with Gasteiger partial charge in [-0.1, -0.05) is 41.5 Å². The molecule has 12 N–H and O–H groups in total. The van der Waals surface area contributed by atoms with E-state index in [-0.39, 0.29) is 43.6 Å². The Morgan fingerprint density at radius 1 is 0.648 bits per heavy atom. The van der Waals surface area contributed by atoms with Gasteiger partial charge in [0.1, 0.15) is 36.3 Å². The van der Waals surface area contributed by atoms with E-state index in [4.69, 9.17) is 11.5 Å². The lowest BCUT2D eigenvalue weighted by Gasteiger charge is -2.32. The molecule has 1 heterocycles. The Kier molecular flexibility index (Phi) is 19.5. The maximum absolute atomic E-state index is 13.8. The highest BCUT2D eigenvalue weighted by atomic mass is 16.4. The number of aliphatic hydroxyl groups excluding tert-OH is 2. The number of likely N-dealkylation sites (tertiary alicyclic amines) is 1. The van der Waals surface area contributed by atoms with Crippen molar-refractivity contribution in [1.29, 1.82) is 0 Å². The maximum Gasteiger partial charge on any atom is 0.326 e. The molecule has 0 saturated carbocycles. The third kappa shape index (κ3) is 15.5. The average molecular weight is 771 g/mol. The zero-order chi connectivity index (χ0) is 41.6. The summed E-state index contributed by atoms with van der Waals surface area (Å²) >= 11 is 0. The third-order valence-corrected chi connectivity index (χ3v) is 8.71. The number of rotatable bonds is 22. The lowest BCUT2D eigenvalue weighted by Crippen LogP contribution is -2.62. The Morgan fingerprint density at radius 3 is 1.56 bits per heavy atom. The number of hydrogen-bond donors (Lipinski definition) is 10. The van der Waals surface area contributed by atoms with Gasteiger partial charge in [-0.05, 0) is 63.7 Å². The van der Waals surface area contributed by atoms with Gasteiger partial charge in [0.05, 0.1) is 24.7 Å². The molecular weight excluding hydrogens is 708 g/mol. The van der Waals surface area contributed by atoms with Crippen molar-refractivity contribution in [3.05, 3.63) is 0 Å². The summed E-state index contributed by atoms with van der Waals surface area (Å²) in [5.41, 5.74) is 11.1. The minimum Gasteiger partial charge on any atom is -0.480 e. The maximum atomic E-state index is 13.8. The van der Waals surface area contributed by atoms with E-state index in [1.807, 2.05) is 27.7 Å². The van der Waals surface area contributed by atoms with E-state index in [0.717, 1.165) is 4.90 Å². The summed E-state index contributed by atoms with van der Waals surface area (Å²) in [6, 6.07) is -9.26. The fraction of sp³-hybridized carbons (Fsp3) is 0.771. The molecule has 0 aromatic heterocycles. The van der Waals surface area contributed by atoms with Gasteiger partial charge in [0, 0.05) is 6.54 Å². The second kappa shape index (κ2) is 22.1. The van der Waals surface area contributed by atoms with E-state index in [1.165, 1.54) is 13.8 Å². The topological polar surface area (TPSA) is 313 Å². The number of nitrogens with two attached hydrogens (primary N) is 2. The molecule has 1 saturated heterocycles. The van der Waals surface area contributed by atoms with Crippen LogP contribution in [0.15, 0.2) is 0 Å². The van der Waals surface area contributed by atoms with Gasteiger partial charge in [0.25, 0.3) is 0 Å². The van der Waals surface area contributed by atoms with E-state index in [0.29, 0.717) is 12.8 Å². The first-order chi connectivity index (χ1) is 25.0. The quantitative estimate of drug-likeness (QED) is 0.0551. The number of amides is 7. The van der Waals surface area contributed by atoms with Crippen molar-refractivity contribution in [1.82, 2.24) is 31.5 Å². The number of nitrogens with one attached hydrogen (secondary N) is 5. The lowest BCUT2D eigenvalue weighted by molar-refractivity contribution is -0.145. The van der Waals surface area contributed by atoms with Crippen molar-refractivity contribution >= 4 is 47.3 Å². The fourth-order valence-corrected chi connectivity index (χ4v) is 6.01. The van der Waals surface area contributed by atoms with Gasteiger partial charge < -0.3 is 58.3 Å². The summed E-state index contributed by atoms with van der Waals surface area (Å²) in [4.78, 5) is 104. The van der Waals surface area contributed by atoms with E-state index >= 15 is 0 Å². The molecule has 0 spiro atoms. The molecule has 0 unspecified atom stereocenters. The van der Waals surface area contributed by atoms with Crippen LogP contribution in [-0.2, 0) is 38.4 Å². The summed E-state index contributed by atoms with van der Waals surface area (Å²) in [6.45, 7) is 13.5. The van der Waals surface area contributed by atoms with Gasteiger partial charge in [0.2, 0.25) is 41.4 Å². The van der Waals surface area contributed by atoms with Crippen molar-refractivity contribution in [2.75, 3.05) is 6.54 Å². The minimum absolute atomic E-state index is 0.0186. The zero-order valence-electron chi connectivity index (χ0n) is 32.6. The van der Waals surface area contributed by atoms with Crippen molar-refractivity contribution in [3.63, 3.8) is 0 Å². The standard InChI is InChI=1S/C35H62N8O11/c1-16(2)12-21(36)29(47)38-23(14-18(5)6)31(49)42-28(20(8)45)34(52)43-11-9-10-25(43)32(50)41-27(19(7)44)33(51)39-22(13-17(3)4)30(48)40-24(35(53)54)15-26(37)46/h16-25,27-28,44-45H,9-15,36H2,1-8H3,(H2,37,46)(H,38,47)(H,39,51)(H,40,48)(H,41,50)(H,42,49)(H,53,54)/t19-,20-,21+,22+,23+,24+,25+,27+,28+/m1/s1. The summed E-state index contributed by atoms with van der Waals surface area (Å²) in [6.07, 6.45) is -2.53. The smallest absolute Gasteiger partial charge is 0.326 e. The molecule has 0 bridgehead atoms. The number of carbonyl (C=O) groups excluding carboxylic acids is 7. The summed E-state index contributed by atoms with van der Waals surface area (Å²) in [7, 11) is 0. The van der Waals surface area contributed by atoms with Crippen LogP contribution in [0.4, 0.5) is 0 Å². The van der Waals surface area contributed by atoms with Crippen molar-refractivity contribution in [2.24, 2.45) is 29.2 Å². The predicted molar refractivity (Wildman–Crippen MR) is 196 cm³/mol. The van der Waals surface area contributed by atoms with Crippen LogP contribution < -0.4 is 38.1 Å². The van der Waals surface area contributed by atoms with Gasteiger partial charge in [0.15, 0.2) is 0 Å². The molecule has 0 aromatic rings. The average Bonchev–Trinajstić information content (AvgIpc) is 3.53. The molecule has 308 valence electrons. The Morgan fingerprint density at radius 2 is 1.11 bits per heavy atom. The molecule has 1 fully saturated rings. The van der Waals surface area contributed by atoms with Gasteiger partial charge in [-0.3, -0.25) is 33.6 Å². The number of aliphatic carboxylic acids is 1. The highest BCUT2D eigenvalue weighted by Gasteiger charge is 2.42. The van der Waals surface area contributed by atoms with Gasteiger partial charge >= 0.3 is 5.97 Å². The number of nitrogens with zero attached hydrogens (tertiary/aromatic N) is 1. The Labute approximate surface area is 316 Å². The first-order valence-electron chi connectivity index (χ1n) is 18.4. The number of carboxylic acids is 1. The number of hydrogen-bond acceptors (Lipinski definition) is 11. The Bertz CT molecular complexity index is 1340. The normalized spacial score (nSPS) is 18.8. The highest BCUT2D eigenvalue weighted by Crippen LogP contribution is 2.20. The van der Waals surface area contributed by atoms with Crippen molar-refractivity contribution in [2.45, 2.75) is 148 Å². The summed E-state index contributed by atoms with van der Waals surface area (Å²) in [5, 5.41) is 42.7. The van der Waals surface area contributed by atoms with Crippen molar-refractivity contribution < 1.29 is 53.7 Å². The lowest BCUT2D eigenvalue weighted by atomic mass is 10.00. The highest BCUT2D eigenvalue weighted by molar-refractivity contribution is 5.98. The first-order valence-corrected chi connectivity index (χ1v) is 18.4. The van der Waals surface area contributed by atoms with Crippen LogP contribution in [0.5, 0.6) is 0 Å². The van der Waals surface area contributed by atoms with E-state index in [1.54, 1.807) is 13.8 Å². The van der Waals surface area contributed by atoms with Crippen LogP contribution in [0.25, 0.3) is 0 Å². The molecule has 0 aromatic carbocycles. The van der Waals surface area contributed by atoms with Crippen LogP contribution in [0.2, 0.25) is 0 Å². The summed E-state index contributed by atoms with van der Waals surface area (Å²) in [5.74, 6) is -7.45. The second-order valence-electron chi connectivity index (χ2n) is 15.3. The SMILES string of the molecule is CC(C)C[C@H](NC(=O)[C@@H](NC(=O)[C@@H]1CCCN1C(=O)[C@@H](NC(=O)[C@H](CC(C)C)NC(=O)[C@@H](N)CC(C)C)[C@@H](C)O)[C@@H](C)O)C(=O)N[C@@H](CC(N)=O)C(=O)O. The number of carboxylic acid groups (broad SMARTS) is 1. The molecule has 19 heteroatoms. The molecule has 1 aliphatic heterocycles. The Balaban J connectivity index is 3.19. The monoisotopic (exact) mass is 770 g/mol. The summed E-state index contributed by atoms with van der Waals surface area (Å²) < 4.78 is 0. The van der Waals surface area contributed by atoms with Crippen molar-refractivity contribution in [3.8, 4) is 0 Å². The molecule has 0 aliphatic carbocycles. The predicted octanol–water partition coefficient (Wildman–Crippen LogP) is -2.41. The molecule has 54 heavy (non-hydrogen) atoms. The van der Waals surface area contributed by atoms with Gasteiger partial charge in [-0.15, -0.1) is 0 Å². The molecule has 0 radical (unpaired) electrons. The molecular formula is C35H62N8O11. The van der Waals surface area contributed by atoms with Crippen LogP contribution >= 0.6 is 0 Å².